The minimum Gasteiger partial charge on any atom is -0.465 e. The summed E-state index contributed by atoms with van der Waals surface area (Å²) < 4.78 is 11.5. The van der Waals surface area contributed by atoms with Crippen molar-refractivity contribution < 1.29 is 19.2 Å². The third-order valence-electron chi connectivity index (χ3n) is 2.88. The normalized spacial score (nSPS) is 10.6. The minimum atomic E-state index is -0.598. The standard InChI is InChI=1S/C13H9N3O5S/c1-20-12(17)8-4-2-3-5-9(8)21-10-11(16(18)19)15-6-7-22-13(15)14-10/h2-7H,1H3. The number of rotatable bonds is 4. The van der Waals surface area contributed by atoms with Gasteiger partial charge in [-0.05, 0) is 17.1 Å². The molecule has 8 nitrogen and oxygen atoms in total. The first-order valence-corrected chi connectivity index (χ1v) is 6.95. The van der Waals surface area contributed by atoms with Crippen LogP contribution in [0, 0.1) is 10.1 Å². The molecule has 112 valence electrons. The molecule has 0 unspecified atom stereocenters. The number of carbonyl (C=O) groups excluding carboxylic acids is 1. The highest BCUT2D eigenvalue weighted by Crippen LogP contribution is 2.34. The van der Waals surface area contributed by atoms with Gasteiger partial charge in [-0.3, -0.25) is 0 Å². The molecule has 0 saturated heterocycles. The van der Waals surface area contributed by atoms with E-state index in [1.807, 2.05) is 0 Å². The van der Waals surface area contributed by atoms with Gasteiger partial charge in [0.25, 0.3) is 4.96 Å². The van der Waals surface area contributed by atoms with Crippen molar-refractivity contribution >= 4 is 28.1 Å². The Kier molecular flexibility index (Phi) is 3.47. The highest BCUT2D eigenvalue weighted by atomic mass is 32.1. The van der Waals surface area contributed by atoms with E-state index in [1.54, 1.807) is 17.5 Å². The van der Waals surface area contributed by atoms with Crippen molar-refractivity contribution in [2.45, 2.75) is 0 Å². The predicted molar refractivity (Wildman–Crippen MR) is 77.6 cm³/mol. The first-order valence-electron chi connectivity index (χ1n) is 6.07. The molecule has 3 aromatic rings. The molecule has 0 saturated carbocycles. The van der Waals surface area contributed by atoms with E-state index in [9.17, 15) is 14.9 Å². The number of aromatic nitrogens is 2. The van der Waals surface area contributed by atoms with Crippen molar-refractivity contribution in [3.63, 3.8) is 0 Å². The zero-order valence-electron chi connectivity index (χ0n) is 11.3. The average molecular weight is 319 g/mol. The lowest BCUT2D eigenvalue weighted by Gasteiger charge is -2.07. The Morgan fingerprint density at radius 1 is 1.41 bits per heavy atom. The van der Waals surface area contributed by atoms with E-state index in [0.29, 0.717) is 4.96 Å². The number of nitro groups is 1. The van der Waals surface area contributed by atoms with Gasteiger partial charge in [-0.15, -0.1) is 0 Å². The molecule has 0 aliphatic rings. The van der Waals surface area contributed by atoms with Gasteiger partial charge >= 0.3 is 17.7 Å². The van der Waals surface area contributed by atoms with E-state index in [4.69, 9.17) is 4.74 Å². The molecule has 0 aliphatic heterocycles. The number of hydrogen-bond donors (Lipinski definition) is 0. The largest absolute Gasteiger partial charge is 0.465 e. The molecule has 2 heterocycles. The van der Waals surface area contributed by atoms with Crippen LogP contribution >= 0.6 is 11.3 Å². The fourth-order valence-electron chi connectivity index (χ4n) is 1.93. The first kappa shape index (κ1) is 14.0. The summed E-state index contributed by atoms with van der Waals surface area (Å²) in [5.74, 6) is -0.924. The summed E-state index contributed by atoms with van der Waals surface area (Å²) >= 11 is 1.24. The average Bonchev–Trinajstić information content (AvgIpc) is 3.07. The molecule has 0 fully saturated rings. The van der Waals surface area contributed by atoms with Gasteiger partial charge in [0.15, 0.2) is 0 Å². The Labute approximate surface area is 127 Å². The van der Waals surface area contributed by atoms with Gasteiger partial charge in [0.05, 0.1) is 7.11 Å². The monoisotopic (exact) mass is 319 g/mol. The van der Waals surface area contributed by atoms with Crippen molar-refractivity contribution in [2.75, 3.05) is 7.11 Å². The van der Waals surface area contributed by atoms with Gasteiger partial charge in [-0.25, -0.2) is 4.79 Å². The van der Waals surface area contributed by atoms with E-state index in [1.165, 1.54) is 41.2 Å². The number of imidazole rings is 1. The second kappa shape index (κ2) is 5.45. The fraction of sp³-hybridized carbons (Fsp3) is 0.0769. The van der Waals surface area contributed by atoms with Crippen LogP contribution in [0.2, 0.25) is 0 Å². The molecule has 0 aliphatic carbocycles. The zero-order chi connectivity index (χ0) is 15.7. The second-order valence-corrected chi connectivity index (χ2v) is 5.02. The van der Waals surface area contributed by atoms with Crippen LogP contribution in [0.5, 0.6) is 11.6 Å². The van der Waals surface area contributed by atoms with Crippen LogP contribution in [-0.2, 0) is 4.74 Å². The Morgan fingerprint density at radius 3 is 2.91 bits per heavy atom. The van der Waals surface area contributed by atoms with Crippen LogP contribution in [0.3, 0.4) is 0 Å². The molecule has 1 aromatic carbocycles. The minimum absolute atomic E-state index is 0.142. The van der Waals surface area contributed by atoms with Crippen molar-refractivity contribution in [3.05, 3.63) is 51.5 Å². The van der Waals surface area contributed by atoms with Gasteiger partial charge in [0.1, 0.15) is 17.5 Å². The van der Waals surface area contributed by atoms with Crippen LogP contribution in [0.25, 0.3) is 4.96 Å². The van der Waals surface area contributed by atoms with Crippen molar-refractivity contribution in [1.82, 2.24) is 9.38 Å². The van der Waals surface area contributed by atoms with Crippen molar-refractivity contribution in [3.8, 4) is 11.6 Å². The van der Waals surface area contributed by atoms with Crippen LogP contribution in [-0.4, -0.2) is 27.4 Å². The van der Waals surface area contributed by atoms with Crippen molar-refractivity contribution in [1.29, 1.82) is 0 Å². The molecule has 3 rings (SSSR count). The van der Waals surface area contributed by atoms with E-state index in [-0.39, 0.29) is 23.0 Å². The number of para-hydroxylation sites is 1. The third kappa shape index (κ3) is 2.27. The summed E-state index contributed by atoms with van der Waals surface area (Å²) in [6.07, 6.45) is 1.53. The maximum Gasteiger partial charge on any atom is 0.393 e. The number of benzene rings is 1. The fourth-order valence-corrected chi connectivity index (χ4v) is 2.63. The second-order valence-electron chi connectivity index (χ2n) is 4.14. The summed E-state index contributed by atoms with van der Waals surface area (Å²) in [5, 5.41) is 12.9. The Hall–Kier alpha value is -2.94. The molecule has 9 heteroatoms. The molecular formula is C13H9N3O5S. The van der Waals surface area contributed by atoms with Crippen LogP contribution in [0.4, 0.5) is 5.82 Å². The lowest BCUT2D eigenvalue weighted by molar-refractivity contribution is -0.391. The topological polar surface area (TPSA) is 96.0 Å². The van der Waals surface area contributed by atoms with Crippen LogP contribution in [0.15, 0.2) is 35.8 Å². The maximum absolute atomic E-state index is 11.7. The molecule has 0 bridgehead atoms. The molecule has 0 spiro atoms. The van der Waals surface area contributed by atoms with Gasteiger partial charge in [-0.1, -0.05) is 23.5 Å². The number of thiazole rings is 1. The van der Waals surface area contributed by atoms with Gasteiger partial charge in [0, 0.05) is 5.38 Å². The molecule has 0 radical (unpaired) electrons. The number of hydrogen-bond acceptors (Lipinski definition) is 7. The number of fused-ring (bicyclic) bond motifs is 1. The molecule has 22 heavy (non-hydrogen) atoms. The summed E-state index contributed by atoms with van der Waals surface area (Å²) in [7, 11) is 1.24. The van der Waals surface area contributed by atoms with E-state index < -0.39 is 10.9 Å². The molecular weight excluding hydrogens is 310 g/mol. The Bertz CT molecular complexity index is 870. The number of nitrogens with zero attached hydrogens (tertiary/aromatic N) is 3. The number of methoxy groups -OCH3 is 1. The van der Waals surface area contributed by atoms with Gasteiger partial charge < -0.3 is 19.6 Å². The highest BCUT2D eigenvalue weighted by molar-refractivity contribution is 7.15. The summed E-state index contributed by atoms with van der Waals surface area (Å²) in [6, 6.07) is 6.31. The SMILES string of the molecule is COC(=O)c1ccccc1Oc1nc2sccn2c1[N+](=O)[O-]. The lowest BCUT2D eigenvalue weighted by atomic mass is 10.2. The lowest BCUT2D eigenvalue weighted by Crippen LogP contribution is -2.04. The van der Waals surface area contributed by atoms with Crippen LogP contribution < -0.4 is 4.74 Å². The smallest absolute Gasteiger partial charge is 0.393 e. The van der Waals surface area contributed by atoms with E-state index >= 15 is 0 Å². The number of carbonyl (C=O) groups is 1. The molecule has 0 N–H and O–H groups in total. The van der Waals surface area contributed by atoms with Crippen molar-refractivity contribution in [2.24, 2.45) is 0 Å². The van der Waals surface area contributed by atoms with Gasteiger partial charge in [-0.2, -0.15) is 9.38 Å². The Morgan fingerprint density at radius 2 is 2.18 bits per heavy atom. The van der Waals surface area contributed by atoms with Gasteiger partial charge in [0.2, 0.25) is 0 Å². The van der Waals surface area contributed by atoms with E-state index in [0.717, 1.165) is 0 Å². The zero-order valence-corrected chi connectivity index (χ0v) is 12.1. The predicted octanol–water partition coefficient (Wildman–Crippen LogP) is 2.88. The highest BCUT2D eigenvalue weighted by Gasteiger charge is 2.27. The summed E-state index contributed by atoms with van der Waals surface area (Å²) in [5.41, 5.74) is 0.163. The quantitative estimate of drug-likeness (QED) is 0.417. The molecule has 0 amide bonds. The maximum atomic E-state index is 11.7. The number of ether oxygens (including phenoxy) is 2. The van der Waals surface area contributed by atoms with Crippen LogP contribution in [0.1, 0.15) is 10.4 Å². The molecule has 2 aromatic heterocycles. The third-order valence-corrected chi connectivity index (χ3v) is 3.63. The summed E-state index contributed by atoms with van der Waals surface area (Å²) in [6.45, 7) is 0. The summed E-state index contributed by atoms with van der Waals surface area (Å²) in [4.78, 5) is 26.9. The van der Waals surface area contributed by atoms with E-state index in [2.05, 4.69) is 9.72 Å². The Balaban J connectivity index is 2.07. The first-order chi connectivity index (χ1) is 10.6. The molecule has 0 atom stereocenters. The number of esters is 1.